The lowest BCUT2D eigenvalue weighted by Gasteiger charge is -1.96. The minimum absolute atomic E-state index is 1.06. The molecule has 0 spiro atoms. The summed E-state index contributed by atoms with van der Waals surface area (Å²) in [4.78, 5) is 1.14. The maximum Gasteiger partial charge on any atom is 0.255 e. The van der Waals surface area contributed by atoms with Gasteiger partial charge in [0.25, 0.3) is 5.51 Å². The second-order valence-corrected chi connectivity index (χ2v) is 5.34. The van der Waals surface area contributed by atoms with Crippen LogP contribution in [0.1, 0.15) is 27.3 Å². The molecule has 0 saturated carbocycles. The van der Waals surface area contributed by atoms with E-state index in [-0.39, 0.29) is 0 Å². The molecule has 96 valence electrons. The summed E-state index contributed by atoms with van der Waals surface area (Å²) in [6.45, 7) is 12.0. The Morgan fingerprint density at radius 1 is 1.06 bits per heavy atom. The van der Waals surface area contributed by atoms with E-state index in [4.69, 9.17) is 5.84 Å². The number of hydrogen-bond acceptors (Lipinski definition) is 2. The smallest absolute Gasteiger partial charge is 0.204 e. The Hall–Kier alpha value is -1.61. The fraction of sp³-hybridized carbons (Fsp3) is 0.267. The van der Waals surface area contributed by atoms with Crippen LogP contribution in [0.2, 0.25) is 0 Å². The summed E-state index contributed by atoms with van der Waals surface area (Å²) in [5.41, 5.74) is 6.98. The van der Waals surface area contributed by atoms with Gasteiger partial charge < -0.3 is 0 Å². The molecule has 2 aromatic rings. The molecule has 0 fully saturated rings. The van der Waals surface area contributed by atoms with Gasteiger partial charge in [-0.2, -0.15) is 0 Å². The molecule has 0 aliphatic heterocycles. The van der Waals surface area contributed by atoms with Gasteiger partial charge in [-0.05, 0) is 26.8 Å². The quantitative estimate of drug-likeness (QED) is 0.619. The van der Waals surface area contributed by atoms with E-state index in [1.54, 1.807) is 16.0 Å². The van der Waals surface area contributed by atoms with Gasteiger partial charge in [0.05, 0.1) is 0 Å². The molecule has 2 N–H and O–H groups in total. The van der Waals surface area contributed by atoms with Crippen molar-refractivity contribution in [2.45, 2.75) is 27.7 Å². The second-order valence-electron chi connectivity index (χ2n) is 4.45. The minimum Gasteiger partial charge on any atom is -0.204 e. The molecule has 0 aliphatic rings. The lowest BCUT2D eigenvalue weighted by atomic mass is 10.1. The van der Waals surface area contributed by atoms with Crippen LogP contribution in [0.3, 0.4) is 0 Å². The molecule has 2 nitrogen and oxygen atoms in total. The van der Waals surface area contributed by atoms with Crippen molar-refractivity contribution in [3.63, 3.8) is 0 Å². The van der Waals surface area contributed by atoms with E-state index in [0.717, 1.165) is 10.6 Å². The van der Waals surface area contributed by atoms with Crippen molar-refractivity contribution in [1.29, 1.82) is 0 Å². The predicted molar refractivity (Wildman–Crippen MR) is 80.1 cm³/mol. The molecule has 0 aliphatic carbocycles. The van der Waals surface area contributed by atoms with Crippen molar-refractivity contribution in [1.82, 2.24) is 0 Å². The number of nitrogens with zero attached hydrogens (tertiary/aromatic N) is 1. The summed E-state index contributed by atoms with van der Waals surface area (Å²) < 4.78 is 1.60. The van der Waals surface area contributed by atoms with Gasteiger partial charge in [-0.3, -0.25) is 0 Å². The van der Waals surface area contributed by atoms with Crippen LogP contribution in [0.5, 0.6) is 0 Å². The first-order valence-electron chi connectivity index (χ1n) is 5.86. The van der Waals surface area contributed by atoms with Gasteiger partial charge in [-0.1, -0.05) is 57.5 Å². The lowest BCUT2D eigenvalue weighted by molar-refractivity contribution is -0.640. The van der Waals surface area contributed by atoms with E-state index >= 15 is 0 Å². The molecule has 2 rings (SSSR count). The van der Waals surface area contributed by atoms with Crippen LogP contribution >= 0.6 is 11.3 Å². The highest BCUT2D eigenvalue weighted by Gasteiger charge is 2.07. The molecular formula is C15H21N2S+. The summed E-state index contributed by atoms with van der Waals surface area (Å²) >= 11 is 1.60. The Labute approximate surface area is 113 Å². The van der Waals surface area contributed by atoms with Gasteiger partial charge in [0.15, 0.2) is 0 Å². The Morgan fingerprint density at radius 3 is 1.72 bits per heavy atom. The van der Waals surface area contributed by atoms with Gasteiger partial charge >= 0.3 is 0 Å². The van der Waals surface area contributed by atoms with Crippen molar-refractivity contribution in [3.05, 3.63) is 57.6 Å². The van der Waals surface area contributed by atoms with Crippen LogP contribution in [-0.2, 0) is 0 Å². The largest absolute Gasteiger partial charge is 0.255 e. The molecule has 0 atom stereocenters. The van der Waals surface area contributed by atoms with Crippen LogP contribution in [-0.4, -0.2) is 0 Å². The Bertz CT molecular complexity index is 491. The maximum absolute atomic E-state index is 5.50. The average molecular weight is 261 g/mol. The number of thiazole rings is 1. The molecule has 1 heterocycles. The highest BCUT2D eigenvalue weighted by molar-refractivity contribution is 7.10. The molecule has 3 heteroatoms. The number of aryl methyl sites for hydroxylation is 3. The molecule has 0 amide bonds. The Balaban J connectivity index is 0.000000180. The van der Waals surface area contributed by atoms with E-state index < -0.39 is 0 Å². The average Bonchev–Trinajstić information content (AvgIpc) is 2.58. The van der Waals surface area contributed by atoms with E-state index in [1.165, 1.54) is 16.7 Å². The fourth-order valence-electron chi connectivity index (χ4n) is 1.80. The first-order valence-corrected chi connectivity index (χ1v) is 6.74. The lowest BCUT2D eigenvalue weighted by Crippen LogP contribution is -2.44. The van der Waals surface area contributed by atoms with Crippen LogP contribution in [0.15, 0.2) is 30.3 Å². The number of nitrogen functional groups attached to an aromatic ring is 1. The van der Waals surface area contributed by atoms with Crippen molar-refractivity contribution < 1.29 is 4.68 Å². The summed E-state index contributed by atoms with van der Waals surface area (Å²) in [6, 6.07) is 6.56. The zero-order valence-corrected chi connectivity index (χ0v) is 12.3. The van der Waals surface area contributed by atoms with Crippen LogP contribution < -0.4 is 10.5 Å². The van der Waals surface area contributed by atoms with Gasteiger partial charge in [0.2, 0.25) is 5.69 Å². The SMILES string of the molecule is C=Cc1sc[n+](N)c1C.Cc1cc(C)cc(C)c1. The first kappa shape index (κ1) is 14.5. The predicted octanol–water partition coefficient (Wildman–Crippen LogP) is 3.31. The van der Waals surface area contributed by atoms with Gasteiger partial charge in [-0.15, -0.1) is 0 Å². The number of aromatic nitrogens is 1. The Kier molecular flexibility index (Phi) is 5.10. The van der Waals surface area contributed by atoms with Crippen molar-refractivity contribution in [2.24, 2.45) is 0 Å². The molecular weight excluding hydrogens is 240 g/mol. The number of rotatable bonds is 1. The third-order valence-corrected chi connectivity index (χ3v) is 3.64. The number of nitrogens with two attached hydrogens (primary N) is 1. The molecule has 0 unspecified atom stereocenters. The summed E-state index contributed by atoms with van der Waals surface area (Å²) in [5, 5.41) is 0. The van der Waals surface area contributed by atoms with Gasteiger partial charge in [0.1, 0.15) is 4.88 Å². The molecule has 0 saturated heterocycles. The van der Waals surface area contributed by atoms with Gasteiger partial charge in [-0.25, -0.2) is 5.84 Å². The topological polar surface area (TPSA) is 29.9 Å². The summed E-state index contributed by atoms with van der Waals surface area (Å²) in [5.74, 6) is 5.50. The Morgan fingerprint density at radius 2 is 1.50 bits per heavy atom. The summed E-state index contributed by atoms with van der Waals surface area (Å²) in [7, 11) is 0. The van der Waals surface area contributed by atoms with Crippen molar-refractivity contribution >= 4 is 17.4 Å². The van der Waals surface area contributed by atoms with Gasteiger partial charge in [0, 0.05) is 6.92 Å². The highest BCUT2D eigenvalue weighted by atomic mass is 32.1. The number of benzene rings is 1. The molecule has 1 aromatic heterocycles. The third-order valence-electron chi connectivity index (χ3n) is 2.59. The second kappa shape index (κ2) is 6.36. The van der Waals surface area contributed by atoms with Crippen LogP contribution in [0.4, 0.5) is 0 Å². The van der Waals surface area contributed by atoms with E-state index in [9.17, 15) is 0 Å². The molecule has 0 radical (unpaired) electrons. The maximum atomic E-state index is 5.50. The van der Waals surface area contributed by atoms with E-state index in [1.807, 2.05) is 18.5 Å². The van der Waals surface area contributed by atoms with E-state index in [0.29, 0.717) is 0 Å². The zero-order valence-electron chi connectivity index (χ0n) is 11.5. The number of hydrogen-bond donors (Lipinski definition) is 1. The normalized spacial score (nSPS) is 9.56. The zero-order chi connectivity index (χ0) is 13.7. The third kappa shape index (κ3) is 4.00. The van der Waals surface area contributed by atoms with Crippen LogP contribution in [0.25, 0.3) is 6.08 Å². The first-order chi connectivity index (χ1) is 8.43. The van der Waals surface area contributed by atoms with E-state index in [2.05, 4.69) is 45.5 Å². The monoisotopic (exact) mass is 261 g/mol. The highest BCUT2D eigenvalue weighted by Crippen LogP contribution is 2.09. The fourth-order valence-corrected chi connectivity index (χ4v) is 2.56. The summed E-state index contributed by atoms with van der Waals surface area (Å²) in [6.07, 6.45) is 1.81. The molecule has 1 aromatic carbocycles. The standard InChI is InChI=1S/C9H12.C6H9N2S/c1-7-4-8(2)6-9(3)5-7;1-3-6-5(2)8(7)4-9-6/h4-6H,1-3H3;3-4H,1,7H2,2H3/q;+1. The molecule has 0 bridgehead atoms. The van der Waals surface area contributed by atoms with Crippen LogP contribution in [0, 0.1) is 27.7 Å². The van der Waals surface area contributed by atoms with Crippen molar-refractivity contribution in [2.75, 3.05) is 5.84 Å². The van der Waals surface area contributed by atoms with Crippen molar-refractivity contribution in [3.8, 4) is 0 Å². The molecule has 18 heavy (non-hydrogen) atoms. The minimum atomic E-state index is 1.06.